The number of hydrogen-bond donors (Lipinski definition) is 1. The lowest BCUT2D eigenvalue weighted by Crippen LogP contribution is -2.00. The average Bonchev–Trinajstić information content (AvgIpc) is 2.76. The third kappa shape index (κ3) is 2.56. The third-order valence-corrected chi connectivity index (χ3v) is 4.50. The first-order valence-corrected chi connectivity index (χ1v) is 7.48. The highest BCUT2D eigenvalue weighted by Gasteiger charge is 2.10. The van der Waals surface area contributed by atoms with Crippen molar-refractivity contribution in [3.63, 3.8) is 0 Å². The molecule has 0 amide bonds. The SMILES string of the molecule is Cc1oc2ccccc2c1CNc1ccc(Cl)c(Br)c1. The van der Waals surface area contributed by atoms with Gasteiger partial charge >= 0.3 is 0 Å². The summed E-state index contributed by atoms with van der Waals surface area (Å²) in [6.45, 7) is 2.71. The zero-order chi connectivity index (χ0) is 14.1. The van der Waals surface area contributed by atoms with Crippen LogP contribution in [0.15, 0.2) is 51.4 Å². The summed E-state index contributed by atoms with van der Waals surface area (Å²) in [6, 6.07) is 13.9. The molecule has 1 aromatic heterocycles. The van der Waals surface area contributed by atoms with E-state index in [-0.39, 0.29) is 0 Å². The summed E-state index contributed by atoms with van der Waals surface area (Å²) in [5, 5.41) is 5.27. The third-order valence-electron chi connectivity index (χ3n) is 3.29. The Morgan fingerprint density at radius 3 is 2.80 bits per heavy atom. The van der Waals surface area contributed by atoms with E-state index in [1.807, 2.05) is 43.3 Å². The van der Waals surface area contributed by atoms with E-state index in [1.165, 1.54) is 5.56 Å². The average molecular weight is 351 g/mol. The van der Waals surface area contributed by atoms with Gasteiger partial charge in [0.2, 0.25) is 0 Å². The molecule has 0 spiro atoms. The van der Waals surface area contributed by atoms with Crippen molar-refractivity contribution in [1.82, 2.24) is 0 Å². The summed E-state index contributed by atoms with van der Waals surface area (Å²) in [5.41, 5.74) is 3.14. The van der Waals surface area contributed by atoms with Gasteiger partial charge in [0.05, 0.1) is 5.02 Å². The molecular formula is C16H13BrClNO. The Labute approximate surface area is 130 Å². The molecule has 0 bridgehead atoms. The van der Waals surface area contributed by atoms with E-state index < -0.39 is 0 Å². The van der Waals surface area contributed by atoms with Crippen LogP contribution in [0.25, 0.3) is 11.0 Å². The molecule has 3 rings (SSSR count). The number of benzene rings is 2. The van der Waals surface area contributed by atoms with Gasteiger partial charge in [-0.1, -0.05) is 29.8 Å². The molecule has 0 aliphatic carbocycles. The zero-order valence-corrected chi connectivity index (χ0v) is 13.3. The minimum Gasteiger partial charge on any atom is -0.461 e. The lowest BCUT2D eigenvalue weighted by Gasteiger charge is -2.07. The van der Waals surface area contributed by atoms with Crippen molar-refractivity contribution in [2.45, 2.75) is 13.5 Å². The fourth-order valence-electron chi connectivity index (χ4n) is 2.24. The van der Waals surface area contributed by atoms with Crippen molar-refractivity contribution in [3.8, 4) is 0 Å². The lowest BCUT2D eigenvalue weighted by molar-refractivity contribution is 0.573. The molecule has 3 aromatic rings. The van der Waals surface area contributed by atoms with Gasteiger partial charge in [-0.15, -0.1) is 0 Å². The van der Waals surface area contributed by atoms with Crippen molar-refractivity contribution < 1.29 is 4.42 Å². The predicted molar refractivity (Wildman–Crippen MR) is 87.4 cm³/mol. The van der Waals surface area contributed by atoms with Gasteiger partial charge in [-0.25, -0.2) is 0 Å². The second-order valence-corrected chi connectivity index (χ2v) is 5.88. The normalized spacial score (nSPS) is 10.9. The highest BCUT2D eigenvalue weighted by Crippen LogP contribution is 2.28. The van der Waals surface area contributed by atoms with Crippen molar-refractivity contribution in [1.29, 1.82) is 0 Å². The van der Waals surface area contributed by atoms with Crippen LogP contribution in [-0.4, -0.2) is 0 Å². The molecule has 1 N–H and O–H groups in total. The van der Waals surface area contributed by atoms with Gasteiger partial charge in [0.1, 0.15) is 11.3 Å². The van der Waals surface area contributed by atoms with Crippen LogP contribution in [-0.2, 0) is 6.54 Å². The second-order valence-electron chi connectivity index (χ2n) is 4.62. The van der Waals surface area contributed by atoms with Crippen molar-refractivity contribution >= 4 is 44.2 Å². The number of nitrogens with one attached hydrogen (secondary N) is 1. The maximum absolute atomic E-state index is 5.99. The summed E-state index contributed by atoms with van der Waals surface area (Å²) in [7, 11) is 0. The Bertz CT molecular complexity index is 766. The first kappa shape index (κ1) is 13.5. The van der Waals surface area contributed by atoms with Crippen LogP contribution in [0.5, 0.6) is 0 Å². The Hall–Kier alpha value is -1.45. The zero-order valence-electron chi connectivity index (χ0n) is 10.9. The molecule has 0 aliphatic rings. The van der Waals surface area contributed by atoms with Crippen LogP contribution in [0.1, 0.15) is 11.3 Å². The first-order valence-electron chi connectivity index (χ1n) is 6.31. The molecule has 0 radical (unpaired) electrons. The molecule has 0 saturated heterocycles. The van der Waals surface area contributed by atoms with Gasteiger partial charge in [-0.3, -0.25) is 0 Å². The minimum absolute atomic E-state index is 0.709. The highest BCUT2D eigenvalue weighted by molar-refractivity contribution is 9.10. The number of rotatable bonds is 3. The molecule has 4 heteroatoms. The van der Waals surface area contributed by atoms with Gasteiger partial charge in [-0.2, -0.15) is 0 Å². The van der Waals surface area contributed by atoms with Crippen LogP contribution in [0.4, 0.5) is 5.69 Å². The van der Waals surface area contributed by atoms with E-state index in [0.29, 0.717) is 5.02 Å². The molecule has 20 heavy (non-hydrogen) atoms. The van der Waals surface area contributed by atoms with Crippen molar-refractivity contribution in [2.24, 2.45) is 0 Å². The number of furan rings is 1. The van der Waals surface area contributed by atoms with Crippen molar-refractivity contribution in [2.75, 3.05) is 5.32 Å². The Balaban J connectivity index is 1.86. The number of fused-ring (bicyclic) bond motifs is 1. The smallest absolute Gasteiger partial charge is 0.134 e. The first-order chi connectivity index (χ1) is 9.65. The number of hydrogen-bond acceptors (Lipinski definition) is 2. The van der Waals surface area contributed by atoms with Crippen LogP contribution in [0.2, 0.25) is 5.02 Å². The maximum atomic E-state index is 5.99. The van der Waals surface area contributed by atoms with E-state index in [0.717, 1.165) is 33.4 Å². The monoisotopic (exact) mass is 349 g/mol. The largest absolute Gasteiger partial charge is 0.461 e. The Morgan fingerprint density at radius 2 is 2.00 bits per heavy atom. The quantitative estimate of drug-likeness (QED) is 0.648. The predicted octanol–water partition coefficient (Wildman–Crippen LogP) is 5.77. The number of para-hydroxylation sites is 1. The van der Waals surface area contributed by atoms with Crippen LogP contribution in [0.3, 0.4) is 0 Å². The lowest BCUT2D eigenvalue weighted by atomic mass is 10.1. The summed E-state index contributed by atoms with van der Waals surface area (Å²) in [4.78, 5) is 0. The summed E-state index contributed by atoms with van der Waals surface area (Å²) in [6.07, 6.45) is 0. The molecule has 2 aromatic carbocycles. The van der Waals surface area contributed by atoms with Crippen molar-refractivity contribution in [3.05, 3.63) is 63.3 Å². The molecule has 102 valence electrons. The number of anilines is 1. The minimum atomic E-state index is 0.709. The summed E-state index contributed by atoms with van der Waals surface area (Å²) in [5.74, 6) is 0.951. The number of aryl methyl sites for hydroxylation is 1. The molecule has 0 unspecified atom stereocenters. The fraction of sp³-hybridized carbons (Fsp3) is 0.125. The van der Waals surface area contributed by atoms with E-state index >= 15 is 0 Å². The van der Waals surface area contributed by atoms with Gasteiger partial charge in [0, 0.05) is 27.7 Å². The van der Waals surface area contributed by atoms with Gasteiger partial charge < -0.3 is 9.73 Å². The summed E-state index contributed by atoms with van der Waals surface area (Å²) < 4.78 is 6.65. The van der Waals surface area contributed by atoms with Gasteiger partial charge in [0.25, 0.3) is 0 Å². The molecule has 0 saturated carbocycles. The number of halogens is 2. The van der Waals surface area contributed by atoms with E-state index in [9.17, 15) is 0 Å². The fourth-order valence-corrected chi connectivity index (χ4v) is 2.73. The second kappa shape index (κ2) is 5.51. The Morgan fingerprint density at radius 1 is 1.20 bits per heavy atom. The molecule has 0 atom stereocenters. The molecule has 1 heterocycles. The van der Waals surface area contributed by atoms with Crippen LogP contribution in [0, 0.1) is 6.92 Å². The van der Waals surface area contributed by atoms with Crippen LogP contribution < -0.4 is 5.32 Å². The summed E-state index contributed by atoms with van der Waals surface area (Å²) >= 11 is 9.42. The molecule has 0 aliphatic heterocycles. The standard InChI is InChI=1S/C16H13BrClNO/c1-10-13(12-4-2-3-5-16(12)20-10)9-19-11-6-7-15(18)14(17)8-11/h2-8,19H,9H2,1H3. The van der Waals surface area contributed by atoms with E-state index in [1.54, 1.807) is 0 Å². The van der Waals surface area contributed by atoms with Gasteiger partial charge in [-0.05, 0) is 47.1 Å². The van der Waals surface area contributed by atoms with E-state index in [2.05, 4.69) is 27.3 Å². The van der Waals surface area contributed by atoms with Gasteiger partial charge in [0.15, 0.2) is 0 Å². The molecule has 2 nitrogen and oxygen atoms in total. The van der Waals surface area contributed by atoms with Crippen LogP contribution >= 0.6 is 27.5 Å². The highest BCUT2D eigenvalue weighted by atomic mass is 79.9. The maximum Gasteiger partial charge on any atom is 0.134 e. The molecule has 0 fully saturated rings. The molecular weight excluding hydrogens is 338 g/mol. The van der Waals surface area contributed by atoms with E-state index in [4.69, 9.17) is 16.0 Å². The Kier molecular flexibility index (Phi) is 3.72. The topological polar surface area (TPSA) is 25.2 Å².